The van der Waals surface area contributed by atoms with Gasteiger partial charge in [0.15, 0.2) is 0 Å². The number of carboxylic acid groups (broad SMARTS) is 1. The van der Waals surface area contributed by atoms with Crippen LogP contribution in [0, 0.1) is 0 Å². The van der Waals surface area contributed by atoms with Crippen LogP contribution in [0.4, 0.5) is 0 Å². The van der Waals surface area contributed by atoms with Gasteiger partial charge in [0.1, 0.15) is 0 Å². The summed E-state index contributed by atoms with van der Waals surface area (Å²) in [6.07, 6.45) is -0.0843. The van der Waals surface area contributed by atoms with Gasteiger partial charge in [0, 0.05) is 28.0 Å². The van der Waals surface area contributed by atoms with Crippen LogP contribution in [0.2, 0.25) is 0 Å². The normalized spacial score (nSPS) is 14.3. The lowest BCUT2D eigenvalue weighted by atomic mass is 10.2. The molecule has 0 aliphatic heterocycles. The van der Waals surface area contributed by atoms with E-state index >= 15 is 0 Å². The molecule has 2 rings (SSSR count). The highest BCUT2D eigenvalue weighted by Gasteiger charge is 2.18. The Kier molecular flexibility index (Phi) is 4.54. The van der Waals surface area contributed by atoms with E-state index in [9.17, 15) is 9.00 Å². The molecule has 0 saturated heterocycles. The van der Waals surface area contributed by atoms with Gasteiger partial charge < -0.3 is 5.11 Å². The minimum Gasteiger partial charge on any atom is -0.481 e. The Labute approximate surface area is 120 Å². The van der Waals surface area contributed by atoms with E-state index in [1.54, 1.807) is 6.92 Å². The Morgan fingerprint density at radius 3 is 2.80 bits per heavy atom. The summed E-state index contributed by atoms with van der Waals surface area (Å²) in [6.45, 7) is 4.45. The summed E-state index contributed by atoms with van der Waals surface area (Å²) >= 11 is 0. The molecule has 0 spiro atoms. The third-order valence-electron chi connectivity index (χ3n) is 3.22. The van der Waals surface area contributed by atoms with Crippen molar-refractivity contribution in [2.45, 2.75) is 37.8 Å². The first-order valence-corrected chi connectivity index (χ1v) is 7.94. The number of para-hydroxylation sites is 1. The van der Waals surface area contributed by atoms with Crippen LogP contribution in [-0.2, 0) is 27.9 Å². The zero-order valence-electron chi connectivity index (χ0n) is 11.6. The molecule has 2 aromatic rings. The topological polar surface area (TPSA) is 72.2 Å². The summed E-state index contributed by atoms with van der Waals surface area (Å²) in [4.78, 5) is 10.7. The van der Waals surface area contributed by atoms with Gasteiger partial charge in [-0.1, -0.05) is 25.1 Å². The molecule has 0 fully saturated rings. The van der Waals surface area contributed by atoms with Crippen LogP contribution < -0.4 is 0 Å². The number of fused-ring (bicyclic) bond motifs is 1. The average molecular weight is 294 g/mol. The third-order valence-corrected chi connectivity index (χ3v) is 4.85. The number of aromatic nitrogens is 2. The second kappa shape index (κ2) is 6.17. The van der Waals surface area contributed by atoms with Crippen LogP contribution in [0.5, 0.6) is 0 Å². The first-order chi connectivity index (χ1) is 9.52. The highest BCUT2D eigenvalue weighted by Crippen LogP contribution is 2.20. The van der Waals surface area contributed by atoms with Crippen LogP contribution in [0.25, 0.3) is 10.9 Å². The standard InChI is InChI=1S/C14H18N2O3S/c1-3-16-13-7-5-4-6-11(13)12(15-16)9-20(19)10(2)8-14(17)18/h4-7,10H,3,8-9H2,1-2H3,(H,17,18). The third kappa shape index (κ3) is 3.07. The molecule has 2 unspecified atom stereocenters. The number of aliphatic carboxylic acids is 1. The van der Waals surface area contributed by atoms with Gasteiger partial charge in [-0.15, -0.1) is 0 Å². The Morgan fingerprint density at radius 1 is 1.45 bits per heavy atom. The van der Waals surface area contributed by atoms with Gasteiger partial charge >= 0.3 is 5.97 Å². The maximum Gasteiger partial charge on any atom is 0.304 e. The number of carboxylic acids is 1. The number of hydrogen-bond donors (Lipinski definition) is 1. The van der Waals surface area contributed by atoms with Crippen LogP contribution in [0.1, 0.15) is 26.0 Å². The molecule has 6 heteroatoms. The van der Waals surface area contributed by atoms with Crippen LogP contribution in [0.3, 0.4) is 0 Å². The van der Waals surface area contributed by atoms with Crippen LogP contribution in [0.15, 0.2) is 24.3 Å². The predicted octanol–water partition coefficient (Wildman–Crippen LogP) is 2.17. The first-order valence-electron chi connectivity index (χ1n) is 6.56. The van der Waals surface area contributed by atoms with E-state index < -0.39 is 16.8 Å². The highest BCUT2D eigenvalue weighted by atomic mass is 32.2. The average Bonchev–Trinajstić information content (AvgIpc) is 2.76. The number of carbonyl (C=O) groups is 1. The number of benzene rings is 1. The van der Waals surface area contributed by atoms with Crippen molar-refractivity contribution in [3.05, 3.63) is 30.0 Å². The lowest BCUT2D eigenvalue weighted by molar-refractivity contribution is -0.136. The minimum absolute atomic E-state index is 0.0843. The SMILES string of the molecule is CCn1nc(CS(=O)C(C)CC(=O)O)c2ccccc21. The van der Waals surface area contributed by atoms with Crippen LogP contribution >= 0.6 is 0 Å². The number of hydrogen-bond acceptors (Lipinski definition) is 3. The number of rotatable bonds is 6. The zero-order valence-corrected chi connectivity index (χ0v) is 12.4. The molecule has 108 valence electrons. The van der Waals surface area contributed by atoms with Gasteiger partial charge in [-0.05, 0) is 13.0 Å². The molecule has 0 aliphatic carbocycles. The molecule has 2 atom stereocenters. The second-order valence-corrected chi connectivity index (χ2v) is 6.57. The van der Waals surface area contributed by atoms with Crippen molar-refractivity contribution < 1.29 is 14.1 Å². The Morgan fingerprint density at radius 2 is 2.15 bits per heavy atom. The summed E-state index contributed by atoms with van der Waals surface area (Å²) in [5.74, 6) is -0.628. The van der Waals surface area contributed by atoms with Gasteiger partial charge in [-0.3, -0.25) is 13.7 Å². The van der Waals surface area contributed by atoms with E-state index in [0.717, 1.165) is 23.1 Å². The lowest BCUT2D eigenvalue weighted by Crippen LogP contribution is -2.17. The summed E-state index contributed by atoms with van der Waals surface area (Å²) < 4.78 is 14.1. The van der Waals surface area contributed by atoms with E-state index in [4.69, 9.17) is 5.11 Å². The minimum atomic E-state index is -1.24. The summed E-state index contributed by atoms with van der Waals surface area (Å²) in [6, 6.07) is 7.82. The molecular formula is C14H18N2O3S. The molecule has 0 aliphatic rings. The fourth-order valence-electron chi connectivity index (χ4n) is 2.16. The Bertz CT molecular complexity index is 651. The van der Waals surface area contributed by atoms with Crippen molar-refractivity contribution in [2.24, 2.45) is 0 Å². The van der Waals surface area contributed by atoms with Gasteiger partial charge in [-0.2, -0.15) is 5.10 Å². The smallest absolute Gasteiger partial charge is 0.304 e. The molecule has 20 heavy (non-hydrogen) atoms. The van der Waals surface area contributed by atoms with E-state index in [-0.39, 0.29) is 11.7 Å². The maximum atomic E-state index is 12.2. The largest absolute Gasteiger partial charge is 0.481 e. The molecule has 1 aromatic carbocycles. The predicted molar refractivity (Wildman–Crippen MR) is 79.0 cm³/mol. The van der Waals surface area contributed by atoms with Crippen molar-refractivity contribution in [2.75, 3.05) is 0 Å². The molecular weight excluding hydrogens is 276 g/mol. The van der Waals surface area contributed by atoms with Crippen molar-refractivity contribution in [1.29, 1.82) is 0 Å². The Balaban J connectivity index is 2.25. The van der Waals surface area contributed by atoms with Gasteiger partial charge in [0.2, 0.25) is 0 Å². The second-order valence-electron chi connectivity index (χ2n) is 4.71. The van der Waals surface area contributed by atoms with E-state index in [1.807, 2.05) is 35.9 Å². The molecule has 0 saturated carbocycles. The van der Waals surface area contributed by atoms with E-state index in [0.29, 0.717) is 5.75 Å². The Hall–Kier alpha value is -1.69. The van der Waals surface area contributed by atoms with Crippen molar-refractivity contribution in [3.8, 4) is 0 Å². The first kappa shape index (κ1) is 14.7. The monoisotopic (exact) mass is 294 g/mol. The van der Waals surface area contributed by atoms with Gasteiger partial charge in [0.05, 0.1) is 23.4 Å². The molecule has 1 heterocycles. The van der Waals surface area contributed by atoms with Crippen molar-refractivity contribution >= 4 is 27.7 Å². The van der Waals surface area contributed by atoms with Crippen molar-refractivity contribution in [3.63, 3.8) is 0 Å². The van der Waals surface area contributed by atoms with E-state index in [1.165, 1.54) is 0 Å². The quantitative estimate of drug-likeness (QED) is 0.886. The molecule has 0 bridgehead atoms. The molecule has 1 N–H and O–H groups in total. The van der Waals surface area contributed by atoms with Gasteiger partial charge in [-0.25, -0.2) is 0 Å². The molecule has 0 amide bonds. The van der Waals surface area contributed by atoms with Gasteiger partial charge in [0.25, 0.3) is 0 Å². The van der Waals surface area contributed by atoms with E-state index in [2.05, 4.69) is 5.10 Å². The number of aryl methyl sites for hydroxylation is 1. The summed E-state index contributed by atoms with van der Waals surface area (Å²) in [7, 11) is -1.24. The summed E-state index contributed by atoms with van der Waals surface area (Å²) in [5, 5.41) is 13.9. The summed E-state index contributed by atoms with van der Waals surface area (Å²) in [5.41, 5.74) is 1.80. The maximum absolute atomic E-state index is 12.2. The molecule has 0 radical (unpaired) electrons. The van der Waals surface area contributed by atoms with Crippen LogP contribution in [-0.4, -0.2) is 30.3 Å². The zero-order chi connectivity index (χ0) is 14.7. The fraction of sp³-hybridized carbons (Fsp3) is 0.429. The molecule has 1 aromatic heterocycles. The fourth-order valence-corrected chi connectivity index (χ4v) is 3.26. The highest BCUT2D eigenvalue weighted by molar-refractivity contribution is 7.84. The molecule has 5 nitrogen and oxygen atoms in total. The lowest BCUT2D eigenvalue weighted by Gasteiger charge is -2.07. The van der Waals surface area contributed by atoms with Crippen molar-refractivity contribution in [1.82, 2.24) is 9.78 Å². The number of nitrogens with zero attached hydrogens (tertiary/aromatic N) is 2.